The summed E-state index contributed by atoms with van der Waals surface area (Å²) in [5, 5.41) is 9.28. The monoisotopic (exact) mass is 201 g/mol. The first-order valence-corrected chi connectivity index (χ1v) is 4.20. The van der Waals surface area contributed by atoms with E-state index in [1.54, 1.807) is 0 Å². The van der Waals surface area contributed by atoms with Crippen LogP contribution in [-0.4, -0.2) is 29.3 Å². The van der Waals surface area contributed by atoms with Gasteiger partial charge in [-0.3, -0.25) is 0 Å². The predicted octanol–water partition coefficient (Wildman–Crippen LogP) is -1.70. The number of halogens is 3. The molecule has 2 N–H and O–H groups in total. The van der Waals surface area contributed by atoms with Crippen molar-refractivity contribution < 1.29 is 28.4 Å². The van der Waals surface area contributed by atoms with Crippen LogP contribution in [0.5, 0.6) is 0 Å². The zero-order chi connectivity index (χ0) is 9.35. The van der Waals surface area contributed by atoms with Crippen LogP contribution in [0.2, 0.25) is 0 Å². The van der Waals surface area contributed by atoms with Crippen LogP contribution >= 0.6 is 11.8 Å². The first kappa shape index (κ1) is 9.66. The van der Waals surface area contributed by atoms with Crippen molar-refractivity contribution in [2.24, 2.45) is 0 Å². The second kappa shape index (κ2) is 3.14. The van der Waals surface area contributed by atoms with Gasteiger partial charge >= 0.3 is 6.18 Å². The number of thioether (sulfide) groups is 1. The highest BCUT2D eigenvalue weighted by atomic mass is 32.2. The lowest BCUT2D eigenvalue weighted by Crippen LogP contribution is -2.96. The molecule has 70 valence electrons. The van der Waals surface area contributed by atoms with Crippen molar-refractivity contribution in [3.63, 3.8) is 0 Å². The standard InChI is InChI=1S/C5H6F3NO2S/c6-5(7,8)4-9-2(1-12-4)3(10)11/h2,4,9H,1H2,(H,10,11)/t2-,4+/m1/s1. The highest BCUT2D eigenvalue weighted by molar-refractivity contribution is 8.00. The molecule has 0 aromatic carbocycles. The van der Waals surface area contributed by atoms with Crippen LogP contribution in [0.1, 0.15) is 0 Å². The van der Waals surface area contributed by atoms with E-state index in [1.807, 2.05) is 0 Å². The van der Waals surface area contributed by atoms with E-state index in [2.05, 4.69) is 0 Å². The summed E-state index contributed by atoms with van der Waals surface area (Å²) in [5.74, 6) is -1.48. The fourth-order valence-corrected chi connectivity index (χ4v) is 2.03. The molecule has 0 radical (unpaired) electrons. The Labute approximate surface area is 70.3 Å². The van der Waals surface area contributed by atoms with Gasteiger partial charge in [0.25, 0.3) is 0 Å². The number of carbonyl (C=O) groups excluding carboxylic acids is 1. The molecular weight excluding hydrogens is 195 g/mol. The van der Waals surface area contributed by atoms with Gasteiger partial charge in [-0.1, -0.05) is 11.8 Å². The Bertz CT molecular complexity index is 196. The van der Waals surface area contributed by atoms with E-state index in [-0.39, 0.29) is 5.75 Å². The average molecular weight is 201 g/mol. The minimum absolute atomic E-state index is 0.0491. The van der Waals surface area contributed by atoms with Gasteiger partial charge in [-0.15, -0.1) is 0 Å². The summed E-state index contributed by atoms with van der Waals surface area (Å²) in [4.78, 5) is 10.2. The first-order valence-electron chi connectivity index (χ1n) is 3.15. The number of carboxylic acids is 1. The maximum Gasteiger partial charge on any atom is 0.451 e. The summed E-state index contributed by atoms with van der Waals surface area (Å²) in [6.07, 6.45) is -4.34. The summed E-state index contributed by atoms with van der Waals surface area (Å²) < 4.78 is 35.8. The van der Waals surface area contributed by atoms with Crippen LogP contribution in [0.3, 0.4) is 0 Å². The lowest BCUT2D eigenvalue weighted by Gasteiger charge is -2.12. The molecule has 3 nitrogen and oxygen atoms in total. The molecule has 2 atom stereocenters. The highest BCUT2D eigenvalue weighted by Gasteiger charge is 2.49. The van der Waals surface area contributed by atoms with Crippen LogP contribution in [0.4, 0.5) is 13.2 Å². The molecule has 0 unspecified atom stereocenters. The molecule has 0 aromatic heterocycles. The molecule has 0 saturated carbocycles. The van der Waals surface area contributed by atoms with Crippen LogP contribution in [0, 0.1) is 0 Å². The number of hydrogen-bond donors (Lipinski definition) is 1. The predicted molar refractivity (Wildman–Crippen MR) is 33.0 cm³/mol. The second-order valence-corrected chi connectivity index (χ2v) is 3.59. The lowest BCUT2D eigenvalue weighted by atomic mass is 10.3. The molecule has 1 fully saturated rings. The van der Waals surface area contributed by atoms with E-state index in [9.17, 15) is 23.1 Å². The van der Waals surface area contributed by atoms with Gasteiger partial charge in [0.05, 0.1) is 5.75 Å². The van der Waals surface area contributed by atoms with E-state index >= 15 is 0 Å². The summed E-state index contributed by atoms with van der Waals surface area (Å²) in [7, 11) is 0. The molecule has 0 spiro atoms. The Hall–Kier alpha value is -0.430. The lowest BCUT2D eigenvalue weighted by molar-refractivity contribution is -0.704. The quantitative estimate of drug-likeness (QED) is 0.550. The van der Waals surface area contributed by atoms with E-state index < -0.39 is 23.6 Å². The molecule has 1 heterocycles. The number of quaternary nitrogens is 1. The van der Waals surface area contributed by atoms with Crippen molar-refractivity contribution >= 4 is 17.7 Å². The van der Waals surface area contributed by atoms with Crippen molar-refractivity contribution in [1.29, 1.82) is 0 Å². The number of carbonyl (C=O) groups is 1. The summed E-state index contributed by atoms with van der Waals surface area (Å²) in [6, 6.07) is -1.07. The molecule has 1 aliphatic heterocycles. The minimum Gasteiger partial charge on any atom is -0.544 e. The van der Waals surface area contributed by atoms with Crippen molar-refractivity contribution in [1.82, 2.24) is 0 Å². The molecule has 0 amide bonds. The summed E-state index contributed by atoms with van der Waals surface area (Å²) >= 11 is 0.584. The SMILES string of the molecule is O=C([O-])[C@H]1CS[C@@H](C(F)(F)F)[NH2+]1. The molecule has 0 aromatic rings. The second-order valence-electron chi connectivity index (χ2n) is 2.41. The van der Waals surface area contributed by atoms with Crippen molar-refractivity contribution in [2.45, 2.75) is 17.6 Å². The van der Waals surface area contributed by atoms with Gasteiger partial charge in [-0.2, -0.15) is 13.2 Å². The van der Waals surface area contributed by atoms with Gasteiger partial charge in [-0.05, 0) is 0 Å². The van der Waals surface area contributed by atoms with Gasteiger partial charge in [0, 0.05) is 0 Å². The van der Waals surface area contributed by atoms with E-state index in [4.69, 9.17) is 0 Å². The smallest absolute Gasteiger partial charge is 0.451 e. The number of rotatable bonds is 1. The molecule has 12 heavy (non-hydrogen) atoms. The molecule has 1 aliphatic rings. The number of carboxylic acid groups (broad SMARTS) is 1. The molecule has 1 saturated heterocycles. The Balaban J connectivity index is 2.51. The third-order valence-electron chi connectivity index (χ3n) is 1.49. The van der Waals surface area contributed by atoms with Crippen molar-refractivity contribution in [3.8, 4) is 0 Å². The fraction of sp³-hybridized carbons (Fsp3) is 0.800. The number of alkyl halides is 3. The third-order valence-corrected chi connectivity index (χ3v) is 2.82. The van der Waals surface area contributed by atoms with Gasteiger partial charge in [0.1, 0.15) is 12.0 Å². The largest absolute Gasteiger partial charge is 0.544 e. The van der Waals surface area contributed by atoms with Crippen LogP contribution in [0.15, 0.2) is 0 Å². The van der Waals surface area contributed by atoms with Gasteiger partial charge < -0.3 is 15.2 Å². The molecule has 0 aliphatic carbocycles. The zero-order valence-corrected chi connectivity index (χ0v) is 6.61. The first-order chi connectivity index (χ1) is 5.41. The maximum absolute atomic E-state index is 11.9. The molecular formula is C5H6F3NO2S. The van der Waals surface area contributed by atoms with Gasteiger partial charge in [-0.25, -0.2) is 0 Å². The van der Waals surface area contributed by atoms with Crippen molar-refractivity contribution in [2.75, 3.05) is 5.75 Å². The topological polar surface area (TPSA) is 56.7 Å². The number of hydrogen-bond acceptors (Lipinski definition) is 3. The van der Waals surface area contributed by atoms with E-state index in [0.717, 1.165) is 5.32 Å². The van der Waals surface area contributed by atoms with E-state index in [1.165, 1.54) is 0 Å². The Morgan fingerprint density at radius 1 is 1.58 bits per heavy atom. The molecule has 0 bridgehead atoms. The normalized spacial score (nSPS) is 30.6. The Morgan fingerprint density at radius 2 is 2.17 bits per heavy atom. The maximum atomic E-state index is 11.9. The van der Waals surface area contributed by atoms with Gasteiger partial charge in [0.2, 0.25) is 5.37 Å². The summed E-state index contributed by atoms with van der Waals surface area (Å²) in [6.45, 7) is 0. The van der Waals surface area contributed by atoms with E-state index in [0.29, 0.717) is 11.8 Å². The Morgan fingerprint density at radius 3 is 2.42 bits per heavy atom. The van der Waals surface area contributed by atoms with Gasteiger partial charge in [0.15, 0.2) is 0 Å². The number of aliphatic carboxylic acids is 1. The fourth-order valence-electron chi connectivity index (χ4n) is 0.880. The van der Waals surface area contributed by atoms with Crippen molar-refractivity contribution in [3.05, 3.63) is 0 Å². The van der Waals surface area contributed by atoms with Crippen LogP contribution in [-0.2, 0) is 4.79 Å². The van der Waals surface area contributed by atoms with Crippen LogP contribution in [0.25, 0.3) is 0 Å². The average Bonchev–Trinajstić information content (AvgIpc) is 2.30. The highest BCUT2D eigenvalue weighted by Crippen LogP contribution is 2.28. The minimum atomic E-state index is -4.34. The van der Waals surface area contributed by atoms with Crippen LogP contribution < -0.4 is 10.4 Å². The molecule has 7 heteroatoms. The molecule has 1 rings (SSSR count). The third kappa shape index (κ3) is 2.04. The number of nitrogens with two attached hydrogens (primary N) is 1. The summed E-state index contributed by atoms with van der Waals surface area (Å²) in [5.41, 5.74) is 0. The zero-order valence-electron chi connectivity index (χ0n) is 5.80. The Kier molecular flexibility index (Phi) is 2.52.